The minimum absolute atomic E-state index is 0.347. The third kappa shape index (κ3) is 1.12. The maximum absolute atomic E-state index is 9.99. The summed E-state index contributed by atoms with van der Waals surface area (Å²) in [7, 11) is 0. The van der Waals surface area contributed by atoms with Crippen LogP contribution in [0.5, 0.6) is 0 Å². The highest BCUT2D eigenvalue weighted by Gasteiger charge is 2.54. The molecular formula is C9H13NO. The molecule has 2 nitrogen and oxygen atoms in total. The first-order valence-electron chi connectivity index (χ1n) is 4.44. The van der Waals surface area contributed by atoms with E-state index in [1.165, 1.54) is 32.1 Å². The van der Waals surface area contributed by atoms with E-state index >= 15 is 0 Å². The molecule has 0 aromatic carbocycles. The average Bonchev–Trinajstić information content (AvgIpc) is 2.66. The third-order valence-electron chi connectivity index (χ3n) is 3.20. The van der Waals surface area contributed by atoms with Crippen LogP contribution in [0.1, 0.15) is 38.5 Å². The van der Waals surface area contributed by atoms with Crippen molar-refractivity contribution in [3.63, 3.8) is 0 Å². The first-order chi connectivity index (χ1) is 5.37. The summed E-state index contributed by atoms with van der Waals surface area (Å²) in [6, 6.07) is 0.347. The van der Waals surface area contributed by atoms with Crippen molar-refractivity contribution in [3.05, 3.63) is 0 Å². The Morgan fingerprint density at radius 2 is 2.00 bits per heavy atom. The van der Waals surface area contributed by atoms with Crippen molar-refractivity contribution >= 4 is 6.08 Å². The van der Waals surface area contributed by atoms with Crippen LogP contribution in [0.2, 0.25) is 0 Å². The second-order valence-corrected chi connectivity index (χ2v) is 3.86. The van der Waals surface area contributed by atoms with E-state index in [1.807, 2.05) is 0 Å². The minimum Gasteiger partial charge on any atom is -0.211 e. The van der Waals surface area contributed by atoms with Crippen LogP contribution < -0.4 is 0 Å². The number of hydrogen-bond acceptors (Lipinski definition) is 2. The lowest BCUT2D eigenvalue weighted by molar-refractivity contribution is 0.326. The number of hydrogen-bond donors (Lipinski definition) is 0. The molecule has 0 amide bonds. The summed E-state index contributed by atoms with van der Waals surface area (Å²) in [5.74, 6) is 0. The maximum Gasteiger partial charge on any atom is 0.235 e. The second kappa shape index (κ2) is 2.46. The molecule has 2 aliphatic carbocycles. The molecule has 2 saturated carbocycles. The van der Waals surface area contributed by atoms with Crippen molar-refractivity contribution in [2.24, 2.45) is 10.4 Å². The van der Waals surface area contributed by atoms with Crippen LogP contribution in [0.3, 0.4) is 0 Å². The van der Waals surface area contributed by atoms with Crippen LogP contribution in [0.4, 0.5) is 0 Å². The number of aliphatic imine (C=N–C) groups is 1. The molecule has 60 valence electrons. The largest absolute Gasteiger partial charge is 0.235 e. The highest BCUT2D eigenvalue weighted by atomic mass is 16.1. The Morgan fingerprint density at radius 1 is 1.27 bits per heavy atom. The quantitative estimate of drug-likeness (QED) is 0.416. The Balaban J connectivity index is 1.98. The van der Waals surface area contributed by atoms with E-state index in [-0.39, 0.29) is 0 Å². The second-order valence-electron chi connectivity index (χ2n) is 3.86. The van der Waals surface area contributed by atoms with Gasteiger partial charge in [0.15, 0.2) is 0 Å². The summed E-state index contributed by atoms with van der Waals surface area (Å²) >= 11 is 0. The molecule has 2 heteroatoms. The molecular weight excluding hydrogens is 138 g/mol. The molecule has 0 bridgehead atoms. The Labute approximate surface area is 66.7 Å². The van der Waals surface area contributed by atoms with E-state index in [4.69, 9.17) is 0 Å². The molecule has 2 fully saturated rings. The Morgan fingerprint density at radius 3 is 2.64 bits per heavy atom. The summed E-state index contributed by atoms with van der Waals surface area (Å²) in [5.41, 5.74) is 0.468. The maximum atomic E-state index is 9.99. The molecule has 0 heterocycles. The molecule has 2 rings (SSSR count). The Hall–Kier alpha value is -0.620. The van der Waals surface area contributed by atoms with Gasteiger partial charge < -0.3 is 0 Å². The molecule has 0 radical (unpaired) electrons. The number of nitrogens with zero attached hydrogens (tertiary/aromatic N) is 1. The molecule has 1 spiro atoms. The summed E-state index contributed by atoms with van der Waals surface area (Å²) in [5, 5.41) is 0. The first-order valence-corrected chi connectivity index (χ1v) is 4.44. The van der Waals surface area contributed by atoms with E-state index in [1.54, 1.807) is 6.08 Å². The van der Waals surface area contributed by atoms with E-state index in [9.17, 15) is 4.79 Å². The molecule has 0 aliphatic heterocycles. The monoisotopic (exact) mass is 151 g/mol. The number of rotatable bonds is 1. The van der Waals surface area contributed by atoms with Gasteiger partial charge >= 0.3 is 0 Å². The normalized spacial score (nSPS) is 32.9. The van der Waals surface area contributed by atoms with Gasteiger partial charge in [0.2, 0.25) is 6.08 Å². The minimum atomic E-state index is 0.347. The van der Waals surface area contributed by atoms with Crippen LogP contribution in [-0.2, 0) is 4.79 Å². The van der Waals surface area contributed by atoms with E-state index in [0.717, 1.165) is 6.42 Å². The zero-order chi connectivity index (χ0) is 7.73. The summed E-state index contributed by atoms with van der Waals surface area (Å²) in [4.78, 5) is 13.8. The van der Waals surface area contributed by atoms with Gasteiger partial charge in [0, 0.05) is 0 Å². The SMILES string of the molecule is O=C=NC1CC12CCCCC2. The number of carbonyl (C=O) groups excluding carboxylic acids is 1. The van der Waals surface area contributed by atoms with Gasteiger partial charge in [-0.05, 0) is 24.7 Å². The first kappa shape index (κ1) is 7.05. The smallest absolute Gasteiger partial charge is 0.211 e. The third-order valence-corrected chi connectivity index (χ3v) is 3.20. The summed E-state index contributed by atoms with van der Waals surface area (Å²) < 4.78 is 0. The van der Waals surface area contributed by atoms with Gasteiger partial charge in [-0.1, -0.05) is 19.3 Å². The predicted molar refractivity (Wildman–Crippen MR) is 42.0 cm³/mol. The molecule has 0 saturated heterocycles. The summed E-state index contributed by atoms with van der Waals surface area (Å²) in [6.07, 6.45) is 9.47. The predicted octanol–water partition coefficient (Wildman–Crippen LogP) is 2.04. The van der Waals surface area contributed by atoms with Crippen molar-refractivity contribution in [2.75, 3.05) is 0 Å². The van der Waals surface area contributed by atoms with Gasteiger partial charge in [0.05, 0.1) is 6.04 Å². The topological polar surface area (TPSA) is 29.4 Å². The lowest BCUT2D eigenvalue weighted by Crippen LogP contribution is -2.10. The molecule has 0 aromatic heterocycles. The Bertz CT molecular complexity index is 200. The van der Waals surface area contributed by atoms with E-state index in [0.29, 0.717) is 11.5 Å². The average molecular weight is 151 g/mol. The molecule has 0 aromatic rings. The van der Waals surface area contributed by atoms with E-state index < -0.39 is 0 Å². The fourth-order valence-corrected chi connectivity index (χ4v) is 2.37. The van der Waals surface area contributed by atoms with E-state index in [2.05, 4.69) is 4.99 Å². The summed E-state index contributed by atoms with van der Waals surface area (Å²) in [6.45, 7) is 0. The van der Waals surface area contributed by atoms with Gasteiger partial charge in [-0.3, -0.25) is 0 Å². The van der Waals surface area contributed by atoms with Crippen molar-refractivity contribution in [1.29, 1.82) is 0 Å². The van der Waals surface area contributed by atoms with Crippen LogP contribution in [0.15, 0.2) is 4.99 Å². The zero-order valence-corrected chi connectivity index (χ0v) is 6.68. The molecule has 1 atom stereocenters. The van der Waals surface area contributed by atoms with Crippen LogP contribution in [-0.4, -0.2) is 12.1 Å². The molecule has 1 unspecified atom stereocenters. The van der Waals surface area contributed by atoms with Gasteiger partial charge in [-0.15, -0.1) is 0 Å². The Kier molecular flexibility index (Phi) is 1.57. The zero-order valence-electron chi connectivity index (χ0n) is 6.68. The number of isocyanates is 1. The van der Waals surface area contributed by atoms with Gasteiger partial charge in [0.25, 0.3) is 0 Å². The van der Waals surface area contributed by atoms with Gasteiger partial charge in [-0.25, -0.2) is 9.79 Å². The van der Waals surface area contributed by atoms with Crippen LogP contribution in [0, 0.1) is 5.41 Å². The van der Waals surface area contributed by atoms with Crippen LogP contribution >= 0.6 is 0 Å². The van der Waals surface area contributed by atoms with Crippen molar-refractivity contribution in [2.45, 2.75) is 44.6 Å². The van der Waals surface area contributed by atoms with Crippen molar-refractivity contribution < 1.29 is 4.79 Å². The van der Waals surface area contributed by atoms with Crippen LogP contribution in [0.25, 0.3) is 0 Å². The van der Waals surface area contributed by atoms with Crippen molar-refractivity contribution in [3.8, 4) is 0 Å². The lowest BCUT2D eigenvalue weighted by atomic mass is 9.86. The lowest BCUT2D eigenvalue weighted by Gasteiger charge is -2.20. The standard InChI is InChI=1S/C9H13NO/c11-7-10-8-6-9(8)4-2-1-3-5-9/h8H,1-6H2. The van der Waals surface area contributed by atoms with Gasteiger partial charge in [-0.2, -0.15) is 0 Å². The molecule has 2 aliphatic rings. The highest BCUT2D eigenvalue weighted by molar-refractivity contribution is 5.35. The fourth-order valence-electron chi connectivity index (χ4n) is 2.37. The van der Waals surface area contributed by atoms with Crippen molar-refractivity contribution in [1.82, 2.24) is 0 Å². The highest BCUT2D eigenvalue weighted by Crippen LogP contribution is 2.57. The molecule has 0 N–H and O–H groups in total. The molecule has 11 heavy (non-hydrogen) atoms. The van der Waals surface area contributed by atoms with Gasteiger partial charge in [0.1, 0.15) is 0 Å². The fraction of sp³-hybridized carbons (Fsp3) is 0.889.